The van der Waals surface area contributed by atoms with E-state index in [1.165, 1.54) is 0 Å². The number of aromatic nitrogens is 3. The smallest absolute Gasteiger partial charge is 0.336 e. The Morgan fingerprint density at radius 1 is 1.03 bits per heavy atom. The van der Waals surface area contributed by atoms with Gasteiger partial charge in [0.2, 0.25) is 0 Å². The van der Waals surface area contributed by atoms with Crippen molar-refractivity contribution in [1.82, 2.24) is 14.8 Å². The molecule has 0 bridgehead atoms. The van der Waals surface area contributed by atoms with Crippen LogP contribution in [-0.2, 0) is 0 Å². The van der Waals surface area contributed by atoms with Crippen LogP contribution in [-0.4, -0.2) is 34.4 Å². The summed E-state index contributed by atoms with van der Waals surface area (Å²) in [7, 11) is 1.63. The molecule has 0 aliphatic carbocycles. The highest BCUT2D eigenvalue weighted by Crippen LogP contribution is 2.26. The zero-order valence-electron chi connectivity index (χ0n) is 18.9. The molecule has 0 aliphatic rings. The summed E-state index contributed by atoms with van der Waals surface area (Å²) in [5.74, 6) is 1.21. The lowest BCUT2D eigenvalue weighted by molar-refractivity contribution is 0.102. The molecule has 4 rings (SSSR count). The molecule has 33 heavy (non-hydrogen) atoms. The van der Waals surface area contributed by atoms with E-state index in [0.717, 1.165) is 29.0 Å². The van der Waals surface area contributed by atoms with Crippen LogP contribution in [0.1, 0.15) is 29.3 Å². The van der Waals surface area contributed by atoms with E-state index in [2.05, 4.69) is 15.4 Å². The molecule has 0 radical (unpaired) electrons. The van der Waals surface area contributed by atoms with Crippen LogP contribution in [0.4, 0.5) is 5.69 Å². The fourth-order valence-corrected chi connectivity index (χ4v) is 3.28. The van der Waals surface area contributed by atoms with Crippen LogP contribution in [0, 0.1) is 6.92 Å². The van der Waals surface area contributed by atoms with Crippen LogP contribution in [0.3, 0.4) is 0 Å². The van der Waals surface area contributed by atoms with Gasteiger partial charge < -0.3 is 14.8 Å². The maximum absolute atomic E-state index is 12.7. The fraction of sp³-hybridized carbons (Fsp3) is 0.192. The number of methoxy groups -OCH3 is 1. The van der Waals surface area contributed by atoms with Crippen LogP contribution in [0.2, 0.25) is 0 Å². The Labute approximate surface area is 193 Å². The molecule has 1 heterocycles. The van der Waals surface area contributed by atoms with Gasteiger partial charge in [0.25, 0.3) is 5.91 Å². The highest BCUT2D eigenvalue weighted by molar-refractivity contribution is 6.04. The number of amides is 1. The number of hydrogen-bond acceptors (Lipinski definition) is 5. The molecule has 3 aromatic carbocycles. The highest BCUT2D eigenvalue weighted by atomic mass is 16.5. The van der Waals surface area contributed by atoms with Gasteiger partial charge in [0.15, 0.2) is 5.82 Å². The number of aryl methyl sites for hydroxylation is 1. The molecule has 1 N–H and O–H groups in total. The van der Waals surface area contributed by atoms with E-state index in [1.807, 2.05) is 86.6 Å². The number of ether oxygens (including phenoxy) is 2. The van der Waals surface area contributed by atoms with E-state index in [4.69, 9.17) is 9.47 Å². The lowest BCUT2D eigenvalue weighted by Crippen LogP contribution is -2.12. The average Bonchev–Trinajstić information content (AvgIpc) is 3.27. The Bertz CT molecular complexity index is 1230. The molecule has 7 heteroatoms. The standard InChI is InChI=1S/C26H26N4O3/c1-4-16-33-26-28-24(19-12-14-23(32-3)15-13-19)30(29-26)22-7-5-6-21(17-22)27-25(31)20-10-8-18(2)9-11-20/h5-15,17H,4,16H2,1-3H3,(H,27,31). The second-order valence-electron chi connectivity index (χ2n) is 7.58. The molecular weight excluding hydrogens is 416 g/mol. The van der Waals surface area contributed by atoms with Crippen LogP contribution >= 0.6 is 0 Å². The Morgan fingerprint density at radius 3 is 2.48 bits per heavy atom. The SMILES string of the molecule is CCCOc1nc(-c2ccc(OC)cc2)n(-c2cccc(NC(=O)c3ccc(C)cc3)c2)n1. The van der Waals surface area contributed by atoms with E-state index < -0.39 is 0 Å². The molecule has 0 fully saturated rings. The second-order valence-corrected chi connectivity index (χ2v) is 7.58. The van der Waals surface area contributed by atoms with Crippen molar-refractivity contribution in [3.05, 3.63) is 83.9 Å². The molecule has 0 aliphatic heterocycles. The molecule has 0 atom stereocenters. The van der Waals surface area contributed by atoms with E-state index in [-0.39, 0.29) is 5.91 Å². The fourth-order valence-electron chi connectivity index (χ4n) is 3.28. The first-order valence-electron chi connectivity index (χ1n) is 10.8. The summed E-state index contributed by atoms with van der Waals surface area (Å²) >= 11 is 0. The van der Waals surface area contributed by atoms with E-state index in [0.29, 0.717) is 29.7 Å². The zero-order valence-corrected chi connectivity index (χ0v) is 18.9. The van der Waals surface area contributed by atoms with Gasteiger partial charge in [-0.15, -0.1) is 5.10 Å². The van der Waals surface area contributed by atoms with Crippen LogP contribution in [0.5, 0.6) is 11.8 Å². The summed E-state index contributed by atoms with van der Waals surface area (Å²) in [6, 6.07) is 22.8. The summed E-state index contributed by atoms with van der Waals surface area (Å²) in [4.78, 5) is 17.3. The van der Waals surface area contributed by atoms with E-state index in [1.54, 1.807) is 11.8 Å². The third-order valence-electron chi connectivity index (χ3n) is 5.03. The first-order chi connectivity index (χ1) is 16.1. The predicted octanol–water partition coefficient (Wildman–Crippen LogP) is 5.29. The van der Waals surface area contributed by atoms with Crippen molar-refractivity contribution >= 4 is 11.6 Å². The Balaban J connectivity index is 1.66. The summed E-state index contributed by atoms with van der Waals surface area (Å²) in [6.07, 6.45) is 0.854. The van der Waals surface area contributed by atoms with Gasteiger partial charge in [-0.1, -0.05) is 30.7 Å². The molecular formula is C26H26N4O3. The first kappa shape index (κ1) is 22.1. The molecule has 7 nitrogen and oxygen atoms in total. The van der Waals surface area contributed by atoms with E-state index >= 15 is 0 Å². The predicted molar refractivity (Wildman–Crippen MR) is 128 cm³/mol. The lowest BCUT2D eigenvalue weighted by Gasteiger charge is -2.10. The van der Waals surface area contributed by atoms with Crippen LogP contribution in [0.25, 0.3) is 17.1 Å². The second kappa shape index (κ2) is 9.99. The largest absolute Gasteiger partial charge is 0.497 e. The van der Waals surface area contributed by atoms with Gasteiger partial charge >= 0.3 is 6.01 Å². The Hall–Kier alpha value is -4.13. The highest BCUT2D eigenvalue weighted by Gasteiger charge is 2.16. The van der Waals surface area contributed by atoms with Gasteiger partial charge in [-0.05, 0) is 67.9 Å². The first-order valence-corrected chi connectivity index (χ1v) is 10.8. The van der Waals surface area contributed by atoms with Gasteiger partial charge in [-0.2, -0.15) is 4.98 Å². The van der Waals surface area contributed by atoms with Crippen molar-refractivity contribution in [2.24, 2.45) is 0 Å². The number of hydrogen-bond donors (Lipinski definition) is 1. The molecule has 1 amide bonds. The summed E-state index contributed by atoms with van der Waals surface area (Å²) < 4.78 is 12.7. The number of benzene rings is 3. The normalized spacial score (nSPS) is 10.6. The molecule has 4 aromatic rings. The minimum absolute atomic E-state index is 0.173. The van der Waals surface area contributed by atoms with Gasteiger partial charge in [0.05, 0.1) is 19.4 Å². The van der Waals surface area contributed by atoms with Gasteiger partial charge in [-0.3, -0.25) is 4.79 Å². The minimum atomic E-state index is -0.173. The zero-order chi connectivity index (χ0) is 23.2. The van der Waals surface area contributed by atoms with Crippen molar-refractivity contribution < 1.29 is 14.3 Å². The molecule has 1 aromatic heterocycles. The third-order valence-corrected chi connectivity index (χ3v) is 5.03. The number of rotatable bonds is 8. The van der Waals surface area contributed by atoms with Gasteiger partial charge in [0.1, 0.15) is 5.75 Å². The molecule has 168 valence electrons. The van der Waals surface area contributed by atoms with Crippen molar-refractivity contribution in [3.8, 4) is 28.8 Å². The molecule has 0 saturated heterocycles. The van der Waals surface area contributed by atoms with E-state index in [9.17, 15) is 4.79 Å². The average molecular weight is 443 g/mol. The number of carbonyl (C=O) groups is 1. The van der Waals surface area contributed by atoms with Crippen LogP contribution in [0.15, 0.2) is 72.8 Å². The summed E-state index contributed by atoms with van der Waals surface area (Å²) in [5, 5.41) is 7.52. The minimum Gasteiger partial charge on any atom is -0.497 e. The van der Waals surface area contributed by atoms with Crippen molar-refractivity contribution in [3.63, 3.8) is 0 Å². The Morgan fingerprint density at radius 2 is 1.79 bits per heavy atom. The van der Waals surface area contributed by atoms with Crippen molar-refractivity contribution in [2.45, 2.75) is 20.3 Å². The maximum atomic E-state index is 12.7. The number of anilines is 1. The van der Waals surface area contributed by atoms with Crippen molar-refractivity contribution in [2.75, 3.05) is 19.0 Å². The lowest BCUT2D eigenvalue weighted by atomic mass is 10.1. The summed E-state index contributed by atoms with van der Waals surface area (Å²) in [5.41, 5.74) is 3.98. The molecule has 0 saturated carbocycles. The van der Waals surface area contributed by atoms with Gasteiger partial charge in [0, 0.05) is 16.8 Å². The monoisotopic (exact) mass is 442 g/mol. The molecule has 0 spiro atoms. The number of nitrogens with one attached hydrogen (secondary N) is 1. The number of carbonyl (C=O) groups excluding carboxylic acids is 1. The topological polar surface area (TPSA) is 78.3 Å². The van der Waals surface area contributed by atoms with Gasteiger partial charge in [-0.25, -0.2) is 4.68 Å². The van der Waals surface area contributed by atoms with Crippen molar-refractivity contribution in [1.29, 1.82) is 0 Å². The molecule has 0 unspecified atom stereocenters. The van der Waals surface area contributed by atoms with Crippen LogP contribution < -0.4 is 14.8 Å². The maximum Gasteiger partial charge on any atom is 0.336 e. The third kappa shape index (κ3) is 5.20. The number of nitrogens with zero attached hydrogens (tertiary/aromatic N) is 3. The quantitative estimate of drug-likeness (QED) is 0.401. The Kier molecular flexibility index (Phi) is 6.69. The summed E-state index contributed by atoms with van der Waals surface area (Å²) in [6.45, 7) is 4.54.